The lowest BCUT2D eigenvalue weighted by atomic mass is 10.1. The van der Waals surface area contributed by atoms with Crippen LogP contribution in [0.2, 0.25) is 0 Å². The van der Waals surface area contributed by atoms with Crippen LogP contribution in [0.5, 0.6) is 5.75 Å². The first kappa shape index (κ1) is 22.3. The second kappa shape index (κ2) is 11.1. The molecule has 0 aliphatic carbocycles. The second-order valence-electron chi connectivity index (χ2n) is 6.38. The Morgan fingerprint density at radius 3 is 2.63 bits per heavy atom. The number of carboxylic acids is 1. The molecule has 0 saturated carbocycles. The summed E-state index contributed by atoms with van der Waals surface area (Å²) < 4.78 is 5.21. The van der Waals surface area contributed by atoms with Gasteiger partial charge in [0.1, 0.15) is 17.5 Å². The van der Waals surface area contributed by atoms with Crippen LogP contribution in [-0.2, 0) is 9.59 Å². The lowest BCUT2D eigenvalue weighted by Gasteiger charge is -2.17. The third kappa shape index (κ3) is 8.01. The minimum Gasteiger partial charge on any atom is -0.544 e. The highest BCUT2D eigenvalue weighted by Gasteiger charge is 2.22. The fourth-order valence-corrected chi connectivity index (χ4v) is 2.46. The van der Waals surface area contributed by atoms with Crippen molar-refractivity contribution >= 4 is 23.3 Å². The molecule has 0 aliphatic rings. The van der Waals surface area contributed by atoms with Crippen LogP contribution in [0.1, 0.15) is 19.8 Å². The van der Waals surface area contributed by atoms with Crippen molar-refractivity contribution < 1.29 is 34.6 Å². The summed E-state index contributed by atoms with van der Waals surface area (Å²) in [5.74, 6) is -1.67. The number of carbonyl (C=O) groups is 2. The van der Waals surface area contributed by atoms with Crippen LogP contribution in [0.4, 0.5) is 11.4 Å². The molecule has 0 unspecified atom stereocenters. The molecule has 1 amide bonds. The average Bonchev–Trinajstić information content (AvgIpc) is 2.58. The lowest BCUT2D eigenvalue weighted by molar-refractivity contribution is -0.860. The average molecular weight is 383 g/mol. The van der Waals surface area contributed by atoms with Crippen LogP contribution >= 0.6 is 0 Å². The van der Waals surface area contributed by atoms with Crippen molar-refractivity contribution in [3.63, 3.8) is 0 Å². The second-order valence-corrected chi connectivity index (χ2v) is 6.38. The summed E-state index contributed by atoms with van der Waals surface area (Å²) in [5.41, 5.74) is -0.334. The van der Waals surface area contributed by atoms with E-state index in [9.17, 15) is 24.8 Å². The molecule has 1 aromatic rings. The Morgan fingerprint density at radius 2 is 2.07 bits per heavy atom. The molecule has 27 heavy (non-hydrogen) atoms. The first-order valence-corrected chi connectivity index (χ1v) is 8.78. The van der Waals surface area contributed by atoms with Gasteiger partial charge in [0.05, 0.1) is 57.2 Å². The summed E-state index contributed by atoms with van der Waals surface area (Å²) in [6, 6.07) is 3.02. The van der Waals surface area contributed by atoms with Crippen LogP contribution in [-0.4, -0.2) is 56.6 Å². The molecule has 0 radical (unpaired) electrons. The molecule has 1 atom stereocenters. The fraction of sp³-hybridized carbons (Fsp3) is 0.529. The number of aliphatic carboxylic acids is 1. The summed E-state index contributed by atoms with van der Waals surface area (Å²) in [7, 11) is 3.99. The number of nitro groups is 1. The van der Waals surface area contributed by atoms with Crippen molar-refractivity contribution in [3.05, 3.63) is 28.3 Å². The molecule has 1 rings (SSSR count). The summed E-state index contributed by atoms with van der Waals surface area (Å²) in [6.45, 7) is 3.51. The Balaban J connectivity index is 2.72. The molecule has 1 aromatic carbocycles. The topological polar surface area (TPSA) is 143 Å². The van der Waals surface area contributed by atoms with Gasteiger partial charge in [-0.25, -0.2) is 0 Å². The van der Waals surface area contributed by atoms with Crippen molar-refractivity contribution in [3.8, 4) is 5.75 Å². The van der Waals surface area contributed by atoms with E-state index in [1.165, 1.54) is 23.1 Å². The van der Waals surface area contributed by atoms with Gasteiger partial charge in [0.25, 0.3) is 5.69 Å². The Hall–Kier alpha value is -2.72. The lowest BCUT2D eigenvalue weighted by Crippen LogP contribution is -3.06. The normalized spacial score (nSPS) is 11.9. The number of benzene rings is 1. The first-order valence-electron chi connectivity index (χ1n) is 8.78. The maximum absolute atomic E-state index is 12.2. The number of hydrogen-bond donors (Lipinski definition) is 3. The molecule has 0 spiro atoms. The number of ether oxygens (including phenoxy) is 1. The van der Waals surface area contributed by atoms with E-state index in [1.807, 2.05) is 14.1 Å². The highest BCUT2D eigenvalue weighted by molar-refractivity contribution is 5.95. The number of quaternary nitrogens is 2. The van der Waals surface area contributed by atoms with Gasteiger partial charge in [-0.1, -0.05) is 0 Å². The highest BCUT2D eigenvalue weighted by atomic mass is 16.6. The van der Waals surface area contributed by atoms with E-state index in [-0.39, 0.29) is 17.8 Å². The van der Waals surface area contributed by atoms with E-state index in [2.05, 4.69) is 5.32 Å². The Kier molecular flexibility index (Phi) is 9.17. The highest BCUT2D eigenvalue weighted by Crippen LogP contribution is 2.29. The molecular weight excluding hydrogens is 356 g/mol. The molecular formula is C17H27N4O6+. The van der Waals surface area contributed by atoms with Gasteiger partial charge in [-0.15, -0.1) is 0 Å². The number of anilines is 1. The van der Waals surface area contributed by atoms with E-state index < -0.39 is 22.8 Å². The molecule has 0 bridgehead atoms. The van der Waals surface area contributed by atoms with Gasteiger partial charge in [-0.2, -0.15) is 0 Å². The minimum absolute atomic E-state index is 0.0123. The maximum Gasteiger partial charge on any atom is 0.296 e. The quantitative estimate of drug-likeness (QED) is 0.208. The number of nitro benzene ring substituents is 1. The largest absolute Gasteiger partial charge is 0.544 e. The number of carboxylic acid groups (broad SMARTS) is 1. The van der Waals surface area contributed by atoms with E-state index in [0.29, 0.717) is 18.9 Å². The zero-order valence-corrected chi connectivity index (χ0v) is 15.8. The van der Waals surface area contributed by atoms with Gasteiger partial charge in [0, 0.05) is 6.42 Å². The van der Waals surface area contributed by atoms with Crippen LogP contribution in [0.15, 0.2) is 18.2 Å². The van der Waals surface area contributed by atoms with Gasteiger partial charge in [-0.05, 0) is 19.1 Å². The summed E-state index contributed by atoms with van der Waals surface area (Å²) in [6.07, 6.45) is 0.444. The minimum atomic E-state index is -1.34. The Morgan fingerprint density at radius 1 is 1.37 bits per heavy atom. The molecule has 0 aliphatic heterocycles. The van der Waals surface area contributed by atoms with Crippen molar-refractivity contribution in [1.82, 2.24) is 0 Å². The predicted octanol–water partition coefficient (Wildman–Crippen LogP) is -2.46. The van der Waals surface area contributed by atoms with Crippen LogP contribution in [0.3, 0.4) is 0 Å². The van der Waals surface area contributed by atoms with E-state index >= 15 is 0 Å². The van der Waals surface area contributed by atoms with Crippen molar-refractivity contribution in [1.29, 1.82) is 0 Å². The van der Waals surface area contributed by atoms with Gasteiger partial charge in [0.2, 0.25) is 5.91 Å². The van der Waals surface area contributed by atoms with Gasteiger partial charge in [0.15, 0.2) is 0 Å². The molecule has 4 N–H and O–H groups in total. The van der Waals surface area contributed by atoms with Crippen molar-refractivity contribution in [2.75, 3.05) is 39.1 Å². The number of nitrogens with zero attached hydrogens (tertiary/aromatic N) is 1. The third-order valence-electron chi connectivity index (χ3n) is 3.79. The number of nitrogens with one attached hydrogen (secondary N) is 2. The molecule has 0 fully saturated rings. The van der Waals surface area contributed by atoms with Crippen molar-refractivity contribution in [2.24, 2.45) is 0 Å². The molecule has 0 heterocycles. The molecule has 150 valence electrons. The predicted molar refractivity (Wildman–Crippen MR) is 95.4 cm³/mol. The number of amides is 1. The van der Waals surface area contributed by atoms with Gasteiger partial charge >= 0.3 is 0 Å². The SMILES string of the molecule is CCOc1ccc(NC(=O)C[C@H]([NH2+]CCC[NH+](C)C)C(=O)[O-])c([N+](=O)[O-])c1. The monoisotopic (exact) mass is 383 g/mol. The zero-order valence-electron chi connectivity index (χ0n) is 15.8. The number of carbonyl (C=O) groups excluding carboxylic acids is 2. The number of hydrogen-bond acceptors (Lipinski definition) is 6. The van der Waals surface area contributed by atoms with E-state index in [4.69, 9.17) is 4.74 Å². The Bertz CT molecular complexity index is 665. The third-order valence-corrected chi connectivity index (χ3v) is 3.79. The smallest absolute Gasteiger partial charge is 0.296 e. The van der Waals surface area contributed by atoms with Gasteiger partial charge in [-0.3, -0.25) is 14.9 Å². The number of rotatable bonds is 12. The summed E-state index contributed by atoms with van der Waals surface area (Å²) in [4.78, 5) is 35.2. The summed E-state index contributed by atoms with van der Waals surface area (Å²) in [5, 5.41) is 26.4. The molecule has 0 aromatic heterocycles. The van der Waals surface area contributed by atoms with Crippen LogP contribution in [0, 0.1) is 10.1 Å². The van der Waals surface area contributed by atoms with Gasteiger partial charge < -0.3 is 30.2 Å². The fourth-order valence-electron chi connectivity index (χ4n) is 2.46. The zero-order chi connectivity index (χ0) is 20.4. The van der Waals surface area contributed by atoms with Crippen LogP contribution in [0.25, 0.3) is 0 Å². The molecule has 0 saturated heterocycles. The summed E-state index contributed by atoms with van der Waals surface area (Å²) >= 11 is 0. The first-order chi connectivity index (χ1) is 12.7. The Labute approximate surface area is 157 Å². The van der Waals surface area contributed by atoms with E-state index in [0.717, 1.165) is 13.0 Å². The van der Waals surface area contributed by atoms with Crippen LogP contribution < -0.4 is 25.4 Å². The molecule has 10 heteroatoms. The number of nitrogens with two attached hydrogens (primary N) is 1. The van der Waals surface area contributed by atoms with E-state index in [1.54, 1.807) is 12.2 Å². The standard InChI is InChI=1S/C17H26N4O6/c1-4-27-12-6-7-13(15(10-12)21(25)26)19-16(22)11-14(17(23)24)18-8-5-9-20(2)3/h6-7,10,14,18H,4-5,8-9,11H2,1-3H3,(H,19,22)(H,23,24)/p+1/t14-/m0/s1. The molecule has 10 nitrogen and oxygen atoms in total. The maximum atomic E-state index is 12.2. The van der Waals surface area contributed by atoms with Crippen molar-refractivity contribution in [2.45, 2.75) is 25.8 Å².